The second-order valence-corrected chi connectivity index (χ2v) is 4.32. The Morgan fingerprint density at radius 3 is 3.00 bits per heavy atom. The lowest BCUT2D eigenvalue weighted by Crippen LogP contribution is -2.44. The lowest BCUT2D eigenvalue weighted by molar-refractivity contribution is 0.0706. The van der Waals surface area contributed by atoms with E-state index in [1.165, 1.54) is 0 Å². The molecule has 0 saturated carbocycles. The van der Waals surface area contributed by atoms with E-state index < -0.39 is 0 Å². The summed E-state index contributed by atoms with van der Waals surface area (Å²) in [7, 11) is 3.74. The van der Waals surface area contributed by atoms with Gasteiger partial charge in [0.2, 0.25) is 0 Å². The van der Waals surface area contributed by atoms with E-state index in [0.29, 0.717) is 5.89 Å². The summed E-state index contributed by atoms with van der Waals surface area (Å²) < 4.78 is 10.6. The fourth-order valence-corrected chi connectivity index (χ4v) is 2.05. The molecule has 0 bridgehead atoms. The SMILES string of the molecule is CCC(OC)c1nc(C2CNCCN2C)no1.Cl. The first-order valence-electron chi connectivity index (χ1n) is 6.03. The van der Waals surface area contributed by atoms with E-state index in [0.717, 1.165) is 31.9 Å². The van der Waals surface area contributed by atoms with Crippen LogP contribution in [0.5, 0.6) is 0 Å². The van der Waals surface area contributed by atoms with Crippen molar-refractivity contribution in [2.24, 2.45) is 0 Å². The van der Waals surface area contributed by atoms with Gasteiger partial charge in [-0.25, -0.2) is 0 Å². The Labute approximate surface area is 113 Å². The molecule has 0 aromatic carbocycles. The summed E-state index contributed by atoms with van der Waals surface area (Å²) in [6, 6.07) is 0.190. The molecule has 2 unspecified atom stereocenters. The molecule has 0 amide bonds. The number of nitrogens with one attached hydrogen (secondary N) is 1. The maximum absolute atomic E-state index is 5.29. The zero-order valence-corrected chi connectivity index (χ0v) is 11.9. The first kappa shape index (κ1) is 15.4. The monoisotopic (exact) mass is 276 g/mol. The number of hydrogen-bond donors (Lipinski definition) is 1. The number of aromatic nitrogens is 2. The Hall–Kier alpha value is -0.690. The average Bonchev–Trinajstić information content (AvgIpc) is 2.81. The molecule has 1 aromatic rings. The number of halogens is 1. The van der Waals surface area contributed by atoms with Crippen LogP contribution in [0.4, 0.5) is 0 Å². The van der Waals surface area contributed by atoms with E-state index in [2.05, 4.69) is 27.4 Å². The molecule has 2 rings (SSSR count). The van der Waals surface area contributed by atoms with Crippen molar-refractivity contribution in [2.45, 2.75) is 25.5 Å². The van der Waals surface area contributed by atoms with Crippen LogP contribution in [-0.4, -0.2) is 48.8 Å². The minimum atomic E-state index is -0.0990. The van der Waals surface area contributed by atoms with E-state index >= 15 is 0 Å². The van der Waals surface area contributed by atoms with Gasteiger partial charge in [-0.15, -0.1) is 12.4 Å². The summed E-state index contributed by atoms with van der Waals surface area (Å²) >= 11 is 0. The molecule has 2 heterocycles. The molecule has 7 heteroatoms. The number of piperazine rings is 1. The Kier molecular flexibility index (Phi) is 6.01. The highest BCUT2D eigenvalue weighted by Gasteiger charge is 2.26. The van der Waals surface area contributed by atoms with E-state index in [4.69, 9.17) is 9.26 Å². The van der Waals surface area contributed by atoms with Crippen LogP contribution in [-0.2, 0) is 4.74 Å². The van der Waals surface area contributed by atoms with Gasteiger partial charge in [0.1, 0.15) is 6.10 Å². The Balaban J connectivity index is 0.00000162. The van der Waals surface area contributed by atoms with E-state index in [1.54, 1.807) is 7.11 Å². The van der Waals surface area contributed by atoms with Crippen molar-refractivity contribution in [3.8, 4) is 0 Å². The van der Waals surface area contributed by atoms with E-state index in [1.807, 2.05) is 6.92 Å². The molecule has 1 N–H and O–H groups in total. The first-order valence-corrected chi connectivity index (χ1v) is 6.03. The third-order valence-electron chi connectivity index (χ3n) is 3.20. The summed E-state index contributed by atoms with van der Waals surface area (Å²) in [4.78, 5) is 6.68. The maximum atomic E-state index is 5.29. The van der Waals surface area contributed by atoms with Crippen molar-refractivity contribution >= 4 is 12.4 Å². The largest absolute Gasteiger partial charge is 0.372 e. The standard InChI is InChI=1S/C11H20N4O2.ClH/c1-4-9(16-3)11-13-10(14-17-11)8-7-12-5-6-15(8)2;/h8-9,12H,4-7H2,1-3H3;1H. The van der Waals surface area contributed by atoms with Crippen molar-refractivity contribution in [3.05, 3.63) is 11.7 Å². The zero-order valence-electron chi connectivity index (χ0n) is 11.0. The van der Waals surface area contributed by atoms with Crippen LogP contribution in [0.2, 0.25) is 0 Å². The minimum Gasteiger partial charge on any atom is -0.372 e. The van der Waals surface area contributed by atoms with Crippen LogP contribution >= 0.6 is 12.4 Å². The van der Waals surface area contributed by atoms with Crippen LogP contribution < -0.4 is 5.32 Å². The molecular weight excluding hydrogens is 256 g/mol. The summed E-state index contributed by atoms with van der Waals surface area (Å²) in [5, 5.41) is 7.39. The normalized spacial score (nSPS) is 22.5. The van der Waals surface area contributed by atoms with Crippen LogP contribution in [0.15, 0.2) is 4.52 Å². The lowest BCUT2D eigenvalue weighted by atomic mass is 10.2. The molecular formula is C11H21ClN4O2. The van der Waals surface area contributed by atoms with Crippen molar-refractivity contribution in [2.75, 3.05) is 33.8 Å². The second kappa shape index (κ2) is 7.04. The predicted molar refractivity (Wildman–Crippen MR) is 69.8 cm³/mol. The molecule has 1 aliphatic rings. The number of likely N-dealkylation sites (N-methyl/N-ethyl adjacent to an activating group) is 1. The van der Waals surface area contributed by atoms with Crippen LogP contribution in [0, 0.1) is 0 Å². The first-order chi connectivity index (χ1) is 8.26. The summed E-state index contributed by atoms with van der Waals surface area (Å²) in [5.74, 6) is 1.31. The highest BCUT2D eigenvalue weighted by atomic mass is 35.5. The van der Waals surface area contributed by atoms with Gasteiger partial charge < -0.3 is 14.6 Å². The molecule has 1 aromatic heterocycles. The van der Waals surface area contributed by atoms with Crippen molar-refractivity contribution in [1.29, 1.82) is 0 Å². The van der Waals surface area contributed by atoms with Gasteiger partial charge in [-0.2, -0.15) is 4.98 Å². The van der Waals surface area contributed by atoms with Crippen molar-refractivity contribution in [3.63, 3.8) is 0 Å². The molecule has 18 heavy (non-hydrogen) atoms. The molecule has 1 aliphatic heterocycles. The fraction of sp³-hybridized carbons (Fsp3) is 0.818. The van der Waals surface area contributed by atoms with Gasteiger partial charge in [0.25, 0.3) is 5.89 Å². The van der Waals surface area contributed by atoms with Gasteiger partial charge >= 0.3 is 0 Å². The van der Waals surface area contributed by atoms with E-state index in [-0.39, 0.29) is 24.6 Å². The third kappa shape index (κ3) is 3.20. The number of methoxy groups -OCH3 is 1. The van der Waals surface area contributed by atoms with Crippen LogP contribution in [0.3, 0.4) is 0 Å². The molecule has 1 saturated heterocycles. The smallest absolute Gasteiger partial charge is 0.255 e. The second-order valence-electron chi connectivity index (χ2n) is 4.32. The van der Waals surface area contributed by atoms with Gasteiger partial charge in [-0.05, 0) is 13.5 Å². The lowest BCUT2D eigenvalue weighted by Gasteiger charge is -2.30. The topological polar surface area (TPSA) is 63.4 Å². The summed E-state index contributed by atoms with van der Waals surface area (Å²) in [6.07, 6.45) is 0.731. The van der Waals surface area contributed by atoms with Gasteiger partial charge in [0.05, 0.1) is 6.04 Å². The van der Waals surface area contributed by atoms with E-state index in [9.17, 15) is 0 Å². The molecule has 0 radical (unpaired) electrons. The Morgan fingerprint density at radius 1 is 1.61 bits per heavy atom. The molecule has 0 spiro atoms. The Bertz CT molecular complexity index is 357. The van der Waals surface area contributed by atoms with Crippen LogP contribution in [0.1, 0.15) is 37.2 Å². The third-order valence-corrected chi connectivity index (χ3v) is 3.20. The number of nitrogens with zero attached hydrogens (tertiary/aromatic N) is 3. The molecule has 1 fully saturated rings. The molecule has 104 valence electrons. The molecule has 6 nitrogen and oxygen atoms in total. The predicted octanol–water partition coefficient (Wildman–Crippen LogP) is 1.16. The number of rotatable bonds is 4. The van der Waals surface area contributed by atoms with Gasteiger partial charge in [-0.1, -0.05) is 12.1 Å². The zero-order chi connectivity index (χ0) is 12.3. The van der Waals surface area contributed by atoms with Gasteiger partial charge in [0, 0.05) is 26.7 Å². The van der Waals surface area contributed by atoms with Crippen molar-refractivity contribution in [1.82, 2.24) is 20.4 Å². The maximum Gasteiger partial charge on any atom is 0.255 e. The minimum absolute atomic E-state index is 0. The summed E-state index contributed by atoms with van der Waals surface area (Å²) in [5.41, 5.74) is 0. The summed E-state index contributed by atoms with van der Waals surface area (Å²) in [6.45, 7) is 4.90. The Morgan fingerprint density at radius 2 is 2.39 bits per heavy atom. The average molecular weight is 277 g/mol. The highest BCUT2D eigenvalue weighted by molar-refractivity contribution is 5.85. The van der Waals surface area contributed by atoms with Gasteiger partial charge in [0.15, 0.2) is 5.82 Å². The number of hydrogen-bond acceptors (Lipinski definition) is 6. The number of ether oxygens (including phenoxy) is 1. The molecule has 0 aliphatic carbocycles. The van der Waals surface area contributed by atoms with Gasteiger partial charge in [-0.3, -0.25) is 4.90 Å². The van der Waals surface area contributed by atoms with Crippen molar-refractivity contribution < 1.29 is 9.26 Å². The fourth-order valence-electron chi connectivity index (χ4n) is 2.05. The van der Waals surface area contributed by atoms with Crippen LogP contribution in [0.25, 0.3) is 0 Å². The quantitative estimate of drug-likeness (QED) is 0.891. The molecule has 2 atom stereocenters. The highest BCUT2D eigenvalue weighted by Crippen LogP contribution is 2.22.